The van der Waals surface area contributed by atoms with Crippen LogP contribution >= 0.6 is 0 Å². The second kappa shape index (κ2) is 10.5. The SMILES string of the molecule is CCOC(=O)COc1ccc(C(=O)NCC(NC)C(=O)OC(C)(C)C)cc1. The van der Waals surface area contributed by atoms with Gasteiger partial charge in [0.1, 0.15) is 17.4 Å². The van der Waals surface area contributed by atoms with Crippen molar-refractivity contribution < 1.29 is 28.6 Å². The van der Waals surface area contributed by atoms with E-state index in [9.17, 15) is 14.4 Å². The van der Waals surface area contributed by atoms with Gasteiger partial charge in [-0.05, 0) is 59.0 Å². The first kappa shape index (κ1) is 22.4. The summed E-state index contributed by atoms with van der Waals surface area (Å²) in [6, 6.07) is 5.64. The molecule has 8 nitrogen and oxygen atoms in total. The smallest absolute Gasteiger partial charge is 0.344 e. The summed E-state index contributed by atoms with van der Waals surface area (Å²) >= 11 is 0. The molecule has 1 aromatic carbocycles. The van der Waals surface area contributed by atoms with Gasteiger partial charge < -0.3 is 24.8 Å². The van der Waals surface area contributed by atoms with Crippen molar-refractivity contribution in [1.29, 1.82) is 0 Å². The number of likely N-dealkylation sites (N-methyl/N-ethyl adjacent to an activating group) is 1. The number of carbonyl (C=O) groups excluding carboxylic acids is 3. The monoisotopic (exact) mass is 380 g/mol. The van der Waals surface area contributed by atoms with Gasteiger partial charge in [0.2, 0.25) is 0 Å². The van der Waals surface area contributed by atoms with E-state index in [4.69, 9.17) is 14.2 Å². The maximum absolute atomic E-state index is 12.2. The average molecular weight is 380 g/mol. The van der Waals surface area contributed by atoms with Crippen LogP contribution in [0.25, 0.3) is 0 Å². The van der Waals surface area contributed by atoms with Gasteiger partial charge in [-0.3, -0.25) is 9.59 Å². The molecule has 2 N–H and O–H groups in total. The van der Waals surface area contributed by atoms with Crippen LogP contribution in [0.2, 0.25) is 0 Å². The highest BCUT2D eigenvalue weighted by molar-refractivity contribution is 5.94. The van der Waals surface area contributed by atoms with E-state index in [0.29, 0.717) is 11.3 Å². The molecule has 150 valence electrons. The van der Waals surface area contributed by atoms with Crippen molar-refractivity contribution in [2.24, 2.45) is 0 Å². The van der Waals surface area contributed by atoms with Crippen molar-refractivity contribution in [2.75, 3.05) is 26.8 Å². The summed E-state index contributed by atoms with van der Waals surface area (Å²) in [5, 5.41) is 5.51. The Balaban J connectivity index is 2.54. The Hall–Kier alpha value is -2.61. The molecule has 0 radical (unpaired) electrons. The summed E-state index contributed by atoms with van der Waals surface area (Å²) < 4.78 is 15.3. The second-order valence-corrected chi connectivity index (χ2v) is 6.70. The van der Waals surface area contributed by atoms with Crippen molar-refractivity contribution >= 4 is 17.8 Å². The number of amides is 1. The molecule has 0 heterocycles. The molecule has 0 fully saturated rings. The average Bonchev–Trinajstić information content (AvgIpc) is 2.59. The fourth-order valence-electron chi connectivity index (χ4n) is 2.02. The van der Waals surface area contributed by atoms with Crippen LogP contribution in [-0.2, 0) is 19.1 Å². The Bertz CT molecular complexity index is 637. The molecule has 0 aromatic heterocycles. The normalized spacial score (nSPS) is 12.0. The molecular formula is C19H28N2O6. The summed E-state index contributed by atoms with van der Waals surface area (Å²) in [5.41, 5.74) is -0.201. The van der Waals surface area contributed by atoms with Gasteiger partial charge in [0.25, 0.3) is 5.91 Å². The molecule has 1 aromatic rings. The van der Waals surface area contributed by atoms with E-state index in [1.54, 1.807) is 59.0 Å². The van der Waals surface area contributed by atoms with E-state index in [1.165, 1.54) is 0 Å². The number of rotatable bonds is 9. The third-order valence-electron chi connectivity index (χ3n) is 3.29. The van der Waals surface area contributed by atoms with Gasteiger partial charge in [-0.15, -0.1) is 0 Å². The molecule has 0 aliphatic carbocycles. The highest BCUT2D eigenvalue weighted by atomic mass is 16.6. The molecule has 0 bridgehead atoms. The number of ether oxygens (including phenoxy) is 3. The summed E-state index contributed by atoms with van der Waals surface area (Å²) in [4.78, 5) is 35.6. The molecule has 1 amide bonds. The van der Waals surface area contributed by atoms with Crippen LogP contribution in [0.5, 0.6) is 5.75 Å². The predicted octanol–water partition coefficient (Wildman–Crippen LogP) is 1.29. The summed E-state index contributed by atoms with van der Waals surface area (Å²) in [6.45, 7) is 7.24. The van der Waals surface area contributed by atoms with E-state index < -0.39 is 23.6 Å². The van der Waals surface area contributed by atoms with Crippen molar-refractivity contribution in [2.45, 2.75) is 39.3 Å². The third kappa shape index (κ3) is 8.54. The highest BCUT2D eigenvalue weighted by Crippen LogP contribution is 2.12. The minimum absolute atomic E-state index is 0.0886. The maximum Gasteiger partial charge on any atom is 0.344 e. The fraction of sp³-hybridized carbons (Fsp3) is 0.526. The molecule has 0 aliphatic heterocycles. The predicted molar refractivity (Wildman–Crippen MR) is 99.6 cm³/mol. The topological polar surface area (TPSA) is 103 Å². The van der Waals surface area contributed by atoms with E-state index in [0.717, 1.165) is 0 Å². The molecule has 1 rings (SSSR count). The minimum atomic E-state index is -0.652. The summed E-state index contributed by atoms with van der Waals surface area (Å²) in [6.07, 6.45) is 0. The van der Waals surface area contributed by atoms with Gasteiger partial charge in [0, 0.05) is 12.1 Å². The van der Waals surface area contributed by atoms with Crippen molar-refractivity contribution in [3.05, 3.63) is 29.8 Å². The van der Waals surface area contributed by atoms with Gasteiger partial charge in [0.15, 0.2) is 6.61 Å². The number of hydrogen-bond acceptors (Lipinski definition) is 7. The molecule has 27 heavy (non-hydrogen) atoms. The molecule has 1 unspecified atom stereocenters. The van der Waals surface area contributed by atoms with Gasteiger partial charge >= 0.3 is 11.9 Å². The summed E-state index contributed by atoms with van der Waals surface area (Å²) in [5.74, 6) is -0.787. The van der Waals surface area contributed by atoms with Gasteiger partial charge in [-0.25, -0.2) is 4.79 Å². The molecule has 0 aliphatic rings. The standard InChI is InChI=1S/C19H28N2O6/c1-6-25-16(22)12-26-14-9-7-13(8-10-14)17(23)21-11-15(20-5)18(24)27-19(2,3)4/h7-10,15,20H,6,11-12H2,1-5H3,(H,21,23). The Morgan fingerprint density at radius 1 is 1.11 bits per heavy atom. The Morgan fingerprint density at radius 2 is 1.74 bits per heavy atom. The zero-order chi connectivity index (χ0) is 20.4. The van der Waals surface area contributed by atoms with E-state index in [1.807, 2.05) is 0 Å². The van der Waals surface area contributed by atoms with Gasteiger partial charge in [0.05, 0.1) is 6.61 Å². The van der Waals surface area contributed by atoms with Crippen LogP contribution in [0.4, 0.5) is 0 Å². The third-order valence-corrected chi connectivity index (χ3v) is 3.29. The highest BCUT2D eigenvalue weighted by Gasteiger charge is 2.24. The number of carbonyl (C=O) groups is 3. The Morgan fingerprint density at radius 3 is 2.26 bits per heavy atom. The number of nitrogens with one attached hydrogen (secondary N) is 2. The molecule has 0 spiro atoms. The largest absolute Gasteiger partial charge is 0.482 e. The first-order valence-electron chi connectivity index (χ1n) is 8.73. The molecule has 0 saturated heterocycles. The van der Waals surface area contributed by atoms with Crippen LogP contribution in [0.15, 0.2) is 24.3 Å². The first-order valence-corrected chi connectivity index (χ1v) is 8.73. The van der Waals surface area contributed by atoms with Gasteiger partial charge in [-0.2, -0.15) is 0 Å². The van der Waals surface area contributed by atoms with E-state index in [2.05, 4.69) is 10.6 Å². The number of esters is 2. The van der Waals surface area contributed by atoms with Crippen molar-refractivity contribution in [3.8, 4) is 5.75 Å². The van der Waals surface area contributed by atoms with Crippen molar-refractivity contribution in [3.63, 3.8) is 0 Å². The zero-order valence-corrected chi connectivity index (χ0v) is 16.5. The Kier molecular flexibility index (Phi) is 8.74. The lowest BCUT2D eigenvalue weighted by molar-refractivity contribution is -0.157. The lowest BCUT2D eigenvalue weighted by atomic mass is 10.1. The van der Waals surface area contributed by atoms with Crippen LogP contribution in [0.1, 0.15) is 38.1 Å². The summed E-state index contributed by atoms with van der Waals surface area (Å²) in [7, 11) is 1.62. The van der Waals surface area contributed by atoms with Gasteiger partial charge in [-0.1, -0.05) is 0 Å². The van der Waals surface area contributed by atoms with Crippen LogP contribution in [0.3, 0.4) is 0 Å². The molecular weight excluding hydrogens is 352 g/mol. The minimum Gasteiger partial charge on any atom is -0.482 e. The van der Waals surface area contributed by atoms with Crippen LogP contribution in [0, 0.1) is 0 Å². The van der Waals surface area contributed by atoms with Crippen LogP contribution < -0.4 is 15.4 Å². The zero-order valence-electron chi connectivity index (χ0n) is 16.5. The molecule has 0 saturated carbocycles. The lowest BCUT2D eigenvalue weighted by Gasteiger charge is -2.23. The quantitative estimate of drug-likeness (QED) is 0.622. The maximum atomic E-state index is 12.2. The molecule has 8 heteroatoms. The Labute approximate surface area is 159 Å². The lowest BCUT2D eigenvalue weighted by Crippen LogP contribution is -2.47. The van der Waals surface area contributed by atoms with E-state index in [-0.39, 0.29) is 25.7 Å². The number of hydrogen-bond donors (Lipinski definition) is 2. The fourth-order valence-corrected chi connectivity index (χ4v) is 2.02. The number of benzene rings is 1. The van der Waals surface area contributed by atoms with E-state index >= 15 is 0 Å². The molecule has 1 atom stereocenters. The second-order valence-electron chi connectivity index (χ2n) is 6.70. The van der Waals surface area contributed by atoms with Crippen molar-refractivity contribution in [1.82, 2.24) is 10.6 Å². The first-order chi connectivity index (χ1) is 12.7. The van der Waals surface area contributed by atoms with Crippen LogP contribution in [-0.4, -0.2) is 56.3 Å².